The van der Waals surface area contributed by atoms with Gasteiger partial charge in [0.15, 0.2) is 5.82 Å². The van der Waals surface area contributed by atoms with E-state index < -0.39 is 0 Å². The molecule has 0 aliphatic carbocycles. The molecule has 6 nitrogen and oxygen atoms in total. The fourth-order valence-corrected chi connectivity index (χ4v) is 1.84. The number of aromatic nitrogens is 4. The topological polar surface area (TPSA) is 73.8 Å². The fourth-order valence-electron chi connectivity index (χ4n) is 1.27. The molecule has 0 amide bonds. The van der Waals surface area contributed by atoms with Crippen LogP contribution in [0.4, 0.5) is 0 Å². The van der Waals surface area contributed by atoms with E-state index in [9.17, 15) is 4.79 Å². The van der Waals surface area contributed by atoms with Gasteiger partial charge >= 0.3 is 0 Å². The van der Waals surface area contributed by atoms with Crippen molar-refractivity contribution in [3.05, 3.63) is 37.1 Å². The third-order valence-electron chi connectivity index (χ3n) is 2.25. The third-order valence-corrected chi connectivity index (χ3v) is 3.82. The maximum absolute atomic E-state index is 11.9. The summed E-state index contributed by atoms with van der Waals surface area (Å²) in [7, 11) is 0. The third kappa shape index (κ3) is 2.72. The number of nitrogens with zero attached hydrogens (tertiary/aromatic N) is 4. The second-order valence-electron chi connectivity index (χ2n) is 3.98. The Bertz CT molecular complexity index is 623. The molecule has 0 fully saturated rings. The molecular weight excluding hydrogens is 370 g/mol. The molecule has 2 rings (SSSR count). The second kappa shape index (κ2) is 5.35. The molecule has 2 heterocycles. The molecule has 0 aliphatic heterocycles. The van der Waals surface area contributed by atoms with Gasteiger partial charge in [0.05, 0.1) is 6.33 Å². The molecule has 0 spiro atoms. The van der Waals surface area contributed by atoms with E-state index in [4.69, 9.17) is 16.1 Å². The van der Waals surface area contributed by atoms with Crippen molar-refractivity contribution < 1.29 is 4.52 Å². The zero-order chi connectivity index (χ0) is 13.3. The minimum absolute atomic E-state index is 0.183. The molecule has 0 atom stereocenters. The van der Waals surface area contributed by atoms with Gasteiger partial charge in [-0.05, 0) is 22.6 Å². The lowest BCUT2D eigenvalue weighted by molar-refractivity contribution is 0.362. The van der Waals surface area contributed by atoms with Gasteiger partial charge in [-0.1, -0.05) is 30.6 Å². The van der Waals surface area contributed by atoms with Crippen molar-refractivity contribution in [2.24, 2.45) is 0 Å². The molecule has 2 aromatic rings. The van der Waals surface area contributed by atoms with Crippen molar-refractivity contribution in [3.8, 4) is 0 Å². The summed E-state index contributed by atoms with van der Waals surface area (Å²) in [5.41, 5.74) is -0.222. The molecule has 18 heavy (non-hydrogen) atoms. The standard InChI is InChI=1S/C10H10ClIN4O2/c1-5(2)9-14-6(18-15-9)3-16-4-13-8(11)7(12)10(16)17/h4-5H,3H2,1-2H3. The minimum atomic E-state index is -0.222. The van der Waals surface area contributed by atoms with Crippen molar-refractivity contribution >= 4 is 34.2 Å². The summed E-state index contributed by atoms with van der Waals surface area (Å²) in [4.78, 5) is 20.0. The normalized spacial score (nSPS) is 11.2. The van der Waals surface area contributed by atoms with Crippen LogP contribution in [0.25, 0.3) is 0 Å². The van der Waals surface area contributed by atoms with E-state index in [1.807, 2.05) is 36.4 Å². The van der Waals surface area contributed by atoms with E-state index in [0.717, 1.165) is 0 Å². The Kier molecular flexibility index (Phi) is 4.00. The maximum atomic E-state index is 11.9. The Hall–Kier alpha value is -0.960. The van der Waals surface area contributed by atoms with Crippen molar-refractivity contribution in [1.82, 2.24) is 19.7 Å². The Morgan fingerprint density at radius 1 is 1.56 bits per heavy atom. The van der Waals surface area contributed by atoms with Crippen LogP contribution >= 0.6 is 34.2 Å². The van der Waals surface area contributed by atoms with Crippen molar-refractivity contribution in [2.45, 2.75) is 26.3 Å². The van der Waals surface area contributed by atoms with Gasteiger partial charge in [0.25, 0.3) is 5.56 Å². The highest BCUT2D eigenvalue weighted by molar-refractivity contribution is 14.1. The number of halogens is 2. The Morgan fingerprint density at radius 2 is 2.28 bits per heavy atom. The molecule has 0 aliphatic rings. The molecule has 96 valence electrons. The summed E-state index contributed by atoms with van der Waals surface area (Å²) in [5, 5.41) is 4.03. The van der Waals surface area contributed by atoms with E-state index in [1.54, 1.807) is 0 Å². The van der Waals surface area contributed by atoms with Gasteiger partial charge in [0.1, 0.15) is 15.3 Å². The molecule has 0 saturated heterocycles. The first-order valence-corrected chi connectivity index (χ1v) is 6.67. The van der Waals surface area contributed by atoms with Gasteiger partial charge in [0, 0.05) is 5.92 Å². The molecule has 8 heteroatoms. The summed E-state index contributed by atoms with van der Waals surface area (Å²) < 4.78 is 6.83. The molecule has 0 N–H and O–H groups in total. The van der Waals surface area contributed by atoms with Crippen LogP contribution in [0.15, 0.2) is 15.6 Å². The van der Waals surface area contributed by atoms with Gasteiger partial charge in [-0.25, -0.2) is 4.98 Å². The van der Waals surface area contributed by atoms with Crippen molar-refractivity contribution in [3.63, 3.8) is 0 Å². The lowest BCUT2D eigenvalue weighted by Crippen LogP contribution is -2.23. The van der Waals surface area contributed by atoms with Crippen LogP contribution in [-0.4, -0.2) is 19.7 Å². The summed E-state index contributed by atoms with van der Waals surface area (Å²) in [6, 6.07) is 0. The van der Waals surface area contributed by atoms with Crippen LogP contribution < -0.4 is 5.56 Å². The monoisotopic (exact) mass is 380 g/mol. The second-order valence-corrected chi connectivity index (χ2v) is 5.42. The fraction of sp³-hybridized carbons (Fsp3) is 0.400. The maximum Gasteiger partial charge on any atom is 0.268 e. The zero-order valence-corrected chi connectivity index (χ0v) is 12.6. The average molecular weight is 381 g/mol. The first-order chi connectivity index (χ1) is 8.49. The molecule has 0 saturated carbocycles. The largest absolute Gasteiger partial charge is 0.337 e. The van der Waals surface area contributed by atoms with Crippen molar-refractivity contribution in [1.29, 1.82) is 0 Å². The summed E-state index contributed by atoms with van der Waals surface area (Å²) in [6.45, 7) is 4.12. The van der Waals surface area contributed by atoms with E-state index in [1.165, 1.54) is 10.9 Å². The van der Waals surface area contributed by atoms with E-state index >= 15 is 0 Å². The summed E-state index contributed by atoms with van der Waals surface area (Å²) in [5.74, 6) is 1.18. The highest BCUT2D eigenvalue weighted by Crippen LogP contribution is 2.12. The Balaban J connectivity index is 2.29. The molecule has 0 bridgehead atoms. The number of hydrogen-bond donors (Lipinski definition) is 0. The Morgan fingerprint density at radius 3 is 2.89 bits per heavy atom. The van der Waals surface area contributed by atoms with Crippen molar-refractivity contribution in [2.75, 3.05) is 0 Å². The van der Waals surface area contributed by atoms with Gasteiger partial charge < -0.3 is 4.52 Å². The number of hydrogen-bond acceptors (Lipinski definition) is 5. The molecule has 0 unspecified atom stereocenters. The predicted octanol–water partition coefficient (Wildman–Crippen LogP) is 2.06. The van der Waals surface area contributed by atoms with Crippen LogP contribution in [0, 0.1) is 3.57 Å². The van der Waals surface area contributed by atoms with Crippen LogP contribution in [0.3, 0.4) is 0 Å². The molecular formula is C10H10ClIN4O2. The first-order valence-electron chi connectivity index (χ1n) is 5.22. The highest BCUT2D eigenvalue weighted by atomic mass is 127. The lowest BCUT2D eigenvalue weighted by atomic mass is 10.2. The van der Waals surface area contributed by atoms with E-state index in [2.05, 4.69) is 15.1 Å². The predicted molar refractivity (Wildman–Crippen MR) is 73.7 cm³/mol. The smallest absolute Gasteiger partial charge is 0.268 e. The van der Waals surface area contributed by atoms with Gasteiger partial charge in [-0.3, -0.25) is 9.36 Å². The van der Waals surface area contributed by atoms with E-state index in [0.29, 0.717) is 15.3 Å². The Labute approximate surface area is 122 Å². The molecule has 0 aromatic carbocycles. The summed E-state index contributed by atoms with van der Waals surface area (Å²) >= 11 is 7.61. The van der Waals surface area contributed by atoms with Crippen LogP contribution in [0.5, 0.6) is 0 Å². The van der Waals surface area contributed by atoms with Crippen LogP contribution in [0.1, 0.15) is 31.5 Å². The van der Waals surface area contributed by atoms with Gasteiger partial charge in [-0.15, -0.1) is 0 Å². The molecule has 2 aromatic heterocycles. The van der Waals surface area contributed by atoms with E-state index in [-0.39, 0.29) is 23.2 Å². The minimum Gasteiger partial charge on any atom is -0.337 e. The van der Waals surface area contributed by atoms with Crippen LogP contribution in [-0.2, 0) is 6.54 Å². The summed E-state index contributed by atoms with van der Waals surface area (Å²) in [6.07, 6.45) is 1.37. The highest BCUT2D eigenvalue weighted by Gasteiger charge is 2.12. The zero-order valence-electron chi connectivity index (χ0n) is 9.72. The van der Waals surface area contributed by atoms with Gasteiger partial charge in [0.2, 0.25) is 5.89 Å². The average Bonchev–Trinajstić information content (AvgIpc) is 2.79. The SMILES string of the molecule is CC(C)c1noc(Cn2cnc(Cl)c(I)c2=O)n1. The molecule has 0 radical (unpaired) electrons. The van der Waals surface area contributed by atoms with Crippen LogP contribution in [0.2, 0.25) is 5.15 Å². The lowest BCUT2D eigenvalue weighted by Gasteiger charge is -2.02. The first kappa shape index (κ1) is 13.5. The number of rotatable bonds is 3. The quantitative estimate of drug-likeness (QED) is 0.602. The van der Waals surface area contributed by atoms with Gasteiger partial charge in [-0.2, -0.15) is 4.98 Å².